The van der Waals surface area contributed by atoms with E-state index in [9.17, 15) is 5.11 Å². The molecule has 0 aliphatic heterocycles. The monoisotopic (exact) mass is 369 g/mol. The summed E-state index contributed by atoms with van der Waals surface area (Å²) in [6.45, 7) is 4.70. The van der Waals surface area contributed by atoms with Gasteiger partial charge >= 0.3 is 0 Å². The van der Waals surface area contributed by atoms with Gasteiger partial charge in [-0.1, -0.05) is 24.3 Å². The number of aromatic amines is 1. The zero-order valence-electron chi connectivity index (χ0n) is 16.0. The Balaban J connectivity index is 1.49. The van der Waals surface area contributed by atoms with E-state index < -0.39 is 6.10 Å². The van der Waals surface area contributed by atoms with Gasteiger partial charge in [-0.05, 0) is 44.0 Å². The maximum atomic E-state index is 10.3. The third kappa shape index (κ3) is 4.78. The molecule has 0 aliphatic carbocycles. The van der Waals surface area contributed by atoms with Crippen LogP contribution in [0.1, 0.15) is 18.2 Å². The first-order chi connectivity index (χ1) is 13.1. The van der Waals surface area contributed by atoms with Crippen molar-refractivity contribution in [1.29, 1.82) is 0 Å². The van der Waals surface area contributed by atoms with Gasteiger partial charge in [-0.2, -0.15) is 5.10 Å². The van der Waals surface area contributed by atoms with Gasteiger partial charge in [-0.25, -0.2) is 0 Å². The van der Waals surface area contributed by atoms with E-state index in [1.165, 1.54) is 0 Å². The van der Waals surface area contributed by atoms with E-state index in [0.717, 1.165) is 40.1 Å². The Kier molecular flexibility index (Phi) is 6.32. The first kappa shape index (κ1) is 19.2. The molecule has 0 aliphatic rings. The fraction of sp³-hybridized carbons (Fsp3) is 0.381. The lowest BCUT2D eigenvalue weighted by atomic mass is 10.1. The average molecular weight is 369 g/mol. The Bertz CT molecular complexity index is 878. The Hall–Kier alpha value is -2.57. The quantitative estimate of drug-likeness (QED) is 0.540. The van der Waals surface area contributed by atoms with Crippen molar-refractivity contribution >= 4 is 10.9 Å². The molecule has 2 atom stereocenters. The highest BCUT2D eigenvalue weighted by atomic mass is 16.5. The van der Waals surface area contributed by atoms with Crippen LogP contribution in [0.2, 0.25) is 0 Å². The third-order valence-corrected chi connectivity index (χ3v) is 4.58. The molecule has 0 amide bonds. The molecule has 1 aromatic heterocycles. The van der Waals surface area contributed by atoms with Gasteiger partial charge in [0.05, 0.1) is 23.7 Å². The fourth-order valence-electron chi connectivity index (χ4n) is 3.17. The molecule has 0 spiro atoms. The number of aliphatic hydroxyl groups is 1. The van der Waals surface area contributed by atoms with Gasteiger partial charge in [0.25, 0.3) is 0 Å². The van der Waals surface area contributed by atoms with E-state index >= 15 is 0 Å². The summed E-state index contributed by atoms with van der Waals surface area (Å²) in [5, 5.41) is 21.8. The lowest BCUT2D eigenvalue weighted by Gasteiger charge is -2.19. The third-order valence-electron chi connectivity index (χ3n) is 4.58. The molecule has 0 saturated heterocycles. The molecule has 3 N–H and O–H groups in total. The van der Waals surface area contributed by atoms with Crippen LogP contribution in [0.15, 0.2) is 42.5 Å². The zero-order valence-corrected chi connectivity index (χ0v) is 16.0. The molecule has 6 heteroatoms. The summed E-state index contributed by atoms with van der Waals surface area (Å²) >= 11 is 0. The van der Waals surface area contributed by atoms with Gasteiger partial charge in [0, 0.05) is 12.6 Å². The van der Waals surface area contributed by atoms with Crippen molar-refractivity contribution in [3.8, 4) is 11.5 Å². The minimum absolute atomic E-state index is 0.204. The van der Waals surface area contributed by atoms with Crippen molar-refractivity contribution < 1.29 is 14.6 Å². The van der Waals surface area contributed by atoms with Gasteiger partial charge in [-0.15, -0.1) is 0 Å². The van der Waals surface area contributed by atoms with Crippen LogP contribution in [-0.4, -0.2) is 47.7 Å². The van der Waals surface area contributed by atoms with Crippen LogP contribution in [0, 0.1) is 6.92 Å². The second-order valence-electron chi connectivity index (χ2n) is 6.78. The topological polar surface area (TPSA) is 79.4 Å². The van der Waals surface area contributed by atoms with Crippen molar-refractivity contribution in [3.63, 3.8) is 0 Å². The van der Waals surface area contributed by atoms with Gasteiger partial charge < -0.3 is 19.9 Å². The minimum Gasteiger partial charge on any atom is -0.496 e. The summed E-state index contributed by atoms with van der Waals surface area (Å²) in [5.74, 6) is 1.62. The van der Waals surface area contributed by atoms with Crippen LogP contribution in [-0.2, 0) is 6.42 Å². The van der Waals surface area contributed by atoms with Crippen LogP contribution < -0.4 is 14.8 Å². The van der Waals surface area contributed by atoms with Crippen molar-refractivity contribution in [2.75, 3.05) is 20.3 Å². The average Bonchev–Trinajstić information content (AvgIpc) is 3.07. The van der Waals surface area contributed by atoms with Crippen LogP contribution >= 0.6 is 0 Å². The normalized spacial score (nSPS) is 13.5. The van der Waals surface area contributed by atoms with Crippen LogP contribution in [0.25, 0.3) is 10.9 Å². The van der Waals surface area contributed by atoms with E-state index in [-0.39, 0.29) is 12.6 Å². The lowest BCUT2D eigenvalue weighted by molar-refractivity contribution is 0.105. The molecule has 144 valence electrons. The molecule has 6 nitrogen and oxygen atoms in total. The van der Waals surface area contributed by atoms with E-state index in [1.807, 2.05) is 43.3 Å². The number of nitrogens with zero attached hydrogens (tertiary/aromatic N) is 1. The number of hydrogen-bond acceptors (Lipinski definition) is 5. The highest BCUT2D eigenvalue weighted by Gasteiger charge is 2.13. The number of aliphatic hydroxyl groups excluding tert-OH is 1. The molecule has 0 fully saturated rings. The number of methoxy groups -OCH3 is 1. The number of aryl methyl sites for hydroxylation is 1. The number of H-pyrrole nitrogens is 1. The highest BCUT2D eigenvalue weighted by Crippen LogP contribution is 2.26. The fourth-order valence-corrected chi connectivity index (χ4v) is 3.17. The van der Waals surface area contributed by atoms with Crippen molar-refractivity contribution in [2.45, 2.75) is 32.4 Å². The second kappa shape index (κ2) is 8.88. The molecule has 0 bridgehead atoms. The number of rotatable bonds is 9. The first-order valence-electron chi connectivity index (χ1n) is 9.18. The number of para-hydroxylation sites is 1. The van der Waals surface area contributed by atoms with Crippen LogP contribution in [0.5, 0.6) is 11.5 Å². The molecule has 27 heavy (non-hydrogen) atoms. The Morgan fingerprint density at radius 3 is 2.74 bits per heavy atom. The number of benzene rings is 2. The maximum absolute atomic E-state index is 10.3. The summed E-state index contributed by atoms with van der Waals surface area (Å²) in [6.07, 6.45) is 0.220. The standard InChI is InChI=1S/C21H27N3O3/c1-14(11-16-7-4-5-9-19(16)26-3)22-12-17(25)13-27-20-10-6-8-18-21(20)15(2)23-24-18/h4-10,14,17,22,25H,11-13H2,1-3H3,(H,23,24)/t14?,17-/m0/s1. The van der Waals surface area contributed by atoms with Gasteiger partial charge in [0.1, 0.15) is 24.2 Å². The number of fused-ring (bicyclic) bond motifs is 1. The van der Waals surface area contributed by atoms with Crippen LogP contribution in [0.4, 0.5) is 0 Å². The van der Waals surface area contributed by atoms with Crippen LogP contribution in [0.3, 0.4) is 0 Å². The number of nitrogens with one attached hydrogen (secondary N) is 2. The summed E-state index contributed by atoms with van der Waals surface area (Å²) in [5.41, 5.74) is 2.97. The Labute approximate surface area is 159 Å². The molecule has 2 aromatic carbocycles. The SMILES string of the molecule is COc1ccccc1CC(C)NC[C@H](O)COc1cccc2[nH]nc(C)c12. The Morgan fingerprint density at radius 2 is 1.93 bits per heavy atom. The predicted octanol–water partition coefficient (Wildman–Crippen LogP) is 2.84. The van der Waals surface area contributed by atoms with Gasteiger partial charge in [0.15, 0.2) is 0 Å². The van der Waals surface area contributed by atoms with Gasteiger partial charge in [0.2, 0.25) is 0 Å². The van der Waals surface area contributed by atoms with Crippen molar-refractivity contribution in [3.05, 3.63) is 53.7 Å². The first-order valence-corrected chi connectivity index (χ1v) is 9.18. The van der Waals surface area contributed by atoms with E-state index in [1.54, 1.807) is 7.11 Å². The number of hydrogen-bond donors (Lipinski definition) is 3. The smallest absolute Gasteiger partial charge is 0.130 e. The maximum Gasteiger partial charge on any atom is 0.130 e. The summed E-state index contributed by atoms with van der Waals surface area (Å²) in [6, 6.07) is 14.0. The largest absolute Gasteiger partial charge is 0.496 e. The molecule has 0 radical (unpaired) electrons. The molecule has 0 saturated carbocycles. The minimum atomic E-state index is -0.604. The molecule has 1 unspecified atom stereocenters. The van der Waals surface area contributed by atoms with E-state index in [2.05, 4.69) is 28.5 Å². The summed E-state index contributed by atoms with van der Waals surface area (Å²) in [4.78, 5) is 0. The van der Waals surface area contributed by atoms with Crippen molar-refractivity contribution in [1.82, 2.24) is 15.5 Å². The molecule has 3 aromatic rings. The highest BCUT2D eigenvalue weighted by molar-refractivity contribution is 5.87. The van der Waals surface area contributed by atoms with E-state index in [4.69, 9.17) is 9.47 Å². The number of aromatic nitrogens is 2. The molecule has 1 heterocycles. The predicted molar refractivity (Wildman–Crippen MR) is 106 cm³/mol. The van der Waals surface area contributed by atoms with E-state index in [0.29, 0.717) is 6.54 Å². The Morgan fingerprint density at radius 1 is 1.15 bits per heavy atom. The summed E-state index contributed by atoms with van der Waals surface area (Å²) in [7, 11) is 1.68. The van der Waals surface area contributed by atoms with Crippen molar-refractivity contribution in [2.24, 2.45) is 0 Å². The molecular formula is C21H27N3O3. The van der Waals surface area contributed by atoms with Gasteiger partial charge in [-0.3, -0.25) is 5.10 Å². The number of ether oxygens (including phenoxy) is 2. The summed E-state index contributed by atoms with van der Waals surface area (Å²) < 4.78 is 11.2. The zero-order chi connectivity index (χ0) is 19.2. The lowest BCUT2D eigenvalue weighted by Crippen LogP contribution is -2.37. The molecule has 3 rings (SSSR count). The molecular weight excluding hydrogens is 342 g/mol. The second-order valence-corrected chi connectivity index (χ2v) is 6.78.